The van der Waals surface area contributed by atoms with Crippen LogP contribution >= 0.6 is 11.6 Å². The number of likely N-dealkylation sites (tertiary alicyclic amines) is 2. The number of halogens is 1. The van der Waals surface area contributed by atoms with Crippen LogP contribution in [-0.2, 0) is 19.6 Å². The van der Waals surface area contributed by atoms with Crippen LogP contribution in [0, 0.1) is 0 Å². The molecule has 2 aromatic rings. The third kappa shape index (κ3) is 5.11. The summed E-state index contributed by atoms with van der Waals surface area (Å²) >= 11 is 6.04. The van der Waals surface area contributed by atoms with Crippen molar-refractivity contribution in [3.05, 3.63) is 41.4 Å². The van der Waals surface area contributed by atoms with Crippen molar-refractivity contribution in [1.82, 2.24) is 14.5 Å². The predicted octanol–water partition coefficient (Wildman–Crippen LogP) is 3.41. The zero-order valence-electron chi connectivity index (χ0n) is 19.3. The molecule has 1 amide bonds. The summed E-state index contributed by atoms with van der Waals surface area (Å²) < 4.78 is 34.5. The predicted molar refractivity (Wildman–Crippen MR) is 132 cm³/mol. The van der Waals surface area contributed by atoms with E-state index in [0.717, 1.165) is 69.2 Å². The van der Waals surface area contributed by atoms with Gasteiger partial charge >= 0.3 is 0 Å². The standard InChI is InChI=1S/C25H32ClN3O4S/c26-20-5-3-19-17-23(6-4-18(19)16-20)34(31,32)27-24-2-1-11-29(25(24)30)22-7-12-28(13-8-22)21-9-14-33-15-10-21/h3-6,16-17,21-22,24,27H,1-2,7-15H2/t24-/m0/s1. The Kier molecular flexibility index (Phi) is 7.14. The molecule has 3 aliphatic heterocycles. The van der Waals surface area contributed by atoms with Crippen LogP contribution in [0.4, 0.5) is 0 Å². The van der Waals surface area contributed by atoms with Gasteiger partial charge in [-0.3, -0.25) is 4.79 Å². The molecule has 184 valence electrons. The third-order valence-electron chi connectivity index (χ3n) is 7.50. The smallest absolute Gasteiger partial charge is 0.241 e. The highest BCUT2D eigenvalue weighted by atomic mass is 35.5. The quantitative estimate of drug-likeness (QED) is 0.673. The molecule has 2 aromatic carbocycles. The normalized spacial score (nSPS) is 24.1. The molecule has 0 unspecified atom stereocenters. The number of piperidine rings is 2. The zero-order valence-corrected chi connectivity index (χ0v) is 20.9. The fourth-order valence-electron chi connectivity index (χ4n) is 5.60. The highest BCUT2D eigenvalue weighted by Gasteiger charge is 2.37. The van der Waals surface area contributed by atoms with Crippen LogP contribution in [0.25, 0.3) is 10.8 Å². The monoisotopic (exact) mass is 505 g/mol. The number of carbonyl (C=O) groups is 1. The number of sulfonamides is 1. The van der Waals surface area contributed by atoms with E-state index in [1.807, 2.05) is 4.90 Å². The van der Waals surface area contributed by atoms with E-state index in [1.54, 1.807) is 36.4 Å². The molecule has 1 atom stereocenters. The number of nitrogens with one attached hydrogen (secondary N) is 1. The fraction of sp³-hybridized carbons (Fsp3) is 0.560. The molecule has 7 nitrogen and oxygen atoms in total. The third-order valence-corrected chi connectivity index (χ3v) is 9.21. The van der Waals surface area contributed by atoms with Crippen LogP contribution in [0.1, 0.15) is 38.5 Å². The Morgan fingerprint density at radius 1 is 0.882 bits per heavy atom. The van der Waals surface area contributed by atoms with Crippen molar-refractivity contribution in [2.75, 3.05) is 32.8 Å². The van der Waals surface area contributed by atoms with Crippen molar-refractivity contribution >= 4 is 38.3 Å². The maximum atomic E-state index is 13.3. The molecule has 3 heterocycles. The minimum Gasteiger partial charge on any atom is -0.381 e. The first kappa shape index (κ1) is 24.0. The van der Waals surface area contributed by atoms with Gasteiger partial charge in [0.15, 0.2) is 0 Å². The number of fused-ring (bicyclic) bond motifs is 1. The van der Waals surface area contributed by atoms with Gasteiger partial charge in [-0.05, 0) is 73.6 Å². The number of rotatable bonds is 5. The summed E-state index contributed by atoms with van der Waals surface area (Å²) in [4.78, 5) is 18.0. The summed E-state index contributed by atoms with van der Waals surface area (Å²) in [7, 11) is -3.82. The second-order valence-electron chi connectivity index (χ2n) is 9.61. The SMILES string of the molecule is O=C1[C@@H](NS(=O)(=O)c2ccc3cc(Cl)ccc3c2)CCCN1C1CCN(C2CCOCC2)CC1. The minimum absolute atomic E-state index is 0.0908. The summed E-state index contributed by atoms with van der Waals surface area (Å²) in [5.41, 5.74) is 0. The van der Waals surface area contributed by atoms with Crippen LogP contribution in [0.2, 0.25) is 5.02 Å². The van der Waals surface area contributed by atoms with Crippen molar-refractivity contribution in [2.24, 2.45) is 0 Å². The van der Waals surface area contributed by atoms with Crippen molar-refractivity contribution in [3.8, 4) is 0 Å². The maximum absolute atomic E-state index is 13.3. The number of carbonyl (C=O) groups excluding carboxylic acids is 1. The van der Waals surface area contributed by atoms with Gasteiger partial charge in [0, 0.05) is 50.0 Å². The van der Waals surface area contributed by atoms with Gasteiger partial charge in [0.2, 0.25) is 15.9 Å². The molecule has 0 bridgehead atoms. The number of ether oxygens (including phenoxy) is 1. The number of amides is 1. The first-order valence-corrected chi connectivity index (χ1v) is 14.1. The van der Waals surface area contributed by atoms with Crippen molar-refractivity contribution in [3.63, 3.8) is 0 Å². The number of nitrogens with zero attached hydrogens (tertiary/aromatic N) is 2. The Hall–Kier alpha value is -1.71. The summed E-state index contributed by atoms with van der Waals surface area (Å²) in [6.07, 6.45) is 5.37. The van der Waals surface area contributed by atoms with E-state index in [1.165, 1.54) is 0 Å². The second-order valence-corrected chi connectivity index (χ2v) is 11.8. The topological polar surface area (TPSA) is 79.0 Å². The van der Waals surface area contributed by atoms with E-state index in [2.05, 4.69) is 9.62 Å². The molecule has 0 aliphatic carbocycles. The lowest BCUT2D eigenvalue weighted by atomic mass is 9.95. The Morgan fingerprint density at radius 2 is 1.59 bits per heavy atom. The molecule has 0 radical (unpaired) electrons. The summed E-state index contributed by atoms with van der Waals surface area (Å²) in [5.74, 6) is -0.0908. The van der Waals surface area contributed by atoms with Crippen molar-refractivity contribution in [1.29, 1.82) is 0 Å². The second kappa shape index (κ2) is 10.1. The van der Waals surface area contributed by atoms with Gasteiger partial charge < -0.3 is 14.5 Å². The highest BCUT2D eigenvalue weighted by Crippen LogP contribution is 2.27. The number of hydrogen-bond donors (Lipinski definition) is 1. The van der Waals surface area contributed by atoms with Crippen molar-refractivity contribution in [2.45, 2.75) is 61.5 Å². The molecule has 0 aromatic heterocycles. The lowest BCUT2D eigenvalue weighted by Gasteiger charge is -2.44. The molecule has 3 aliphatic rings. The molecule has 1 N–H and O–H groups in total. The van der Waals surface area contributed by atoms with E-state index in [0.29, 0.717) is 24.0 Å². The molecular weight excluding hydrogens is 474 g/mol. The lowest BCUT2D eigenvalue weighted by molar-refractivity contribution is -0.139. The van der Waals surface area contributed by atoms with Crippen LogP contribution in [0.5, 0.6) is 0 Å². The van der Waals surface area contributed by atoms with Gasteiger partial charge in [0.1, 0.15) is 6.04 Å². The van der Waals surface area contributed by atoms with Gasteiger partial charge in [-0.2, -0.15) is 4.72 Å². The van der Waals surface area contributed by atoms with Gasteiger partial charge in [-0.15, -0.1) is 0 Å². The average Bonchev–Trinajstić information content (AvgIpc) is 2.85. The molecule has 5 rings (SSSR count). The Morgan fingerprint density at radius 3 is 2.35 bits per heavy atom. The van der Waals surface area contributed by atoms with Gasteiger partial charge in [0.05, 0.1) is 4.90 Å². The fourth-order valence-corrected chi connectivity index (χ4v) is 7.04. The number of benzene rings is 2. The minimum atomic E-state index is -3.82. The Bertz CT molecular complexity index is 1140. The van der Waals surface area contributed by atoms with Crippen LogP contribution < -0.4 is 4.72 Å². The maximum Gasteiger partial charge on any atom is 0.241 e. The molecule has 0 saturated carbocycles. The highest BCUT2D eigenvalue weighted by molar-refractivity contribution is 7.89. The van der Waals surface area contributed by atoms with E-state index in [-0.39, 0.29) is 16.8 Å². The first-order chi connectivity index (χ1) is 16.4. The van der Waals surface area contributed by atoms with Gasteiger partial charge in [0.25, 0.3) is 0 Å². The van der Waals surface area contributed by atoms with E-state index in [4.69, 9.17) is 16.3 Å². The van der Waals surface area contributed by atoms with Gasteiger partial charge in [-0.25, -0.2) is 8.42 Å². The number of hydrogen-bond acceptors (Lipinski definition) is 5. The molecule has 3 fully saturated rings. The molecular formula is C25H32ClN3O4S. The summed E-state index contributed by atoms with van der Waals surface area (Å²) in [6, 6.07) is 10.3. The van der Waals surface area contributed by atoms with E-state index >= 15 is 0 Å². The van der Waals surface area contributed by atoms with E-state index < -0.39 is 16.1 Å². The zero-order chi connectivity index (χ0) is 23.7. The largest absolute Gasteiger partial charge is 0.381 e. The van der Waals surface area contributed by atoms with Crippen LogP contribution in [0.3, 0.4) is 0 Å². The molecule has 3 saturated heterocycles. The average molecular weight is 506 g/mol. The Labute approximate surface area is 206 Å². The molecule has 0 spiro atoms. The summed E-state index contributed by atoms with van der Waals surface area (Å²) in [6.45, 7) is 4.34. The molecule has 34 heavy (non-hydrogen) atoms. The first-order valence-electron chi connectivity index (χ1n) is 12.2. The van der Waals surface area contributed by atoms with Crippen molar-refractivity contribution < 1.29 is 17.9 Å². The van der Waals surface area contributed by atoms with Crippen LogP contribution in [0.15, 0.2) is 41.3 Å². The molecule has 9 heteroatoms. The Balaban J connectivity index is 1.23. The summed E-state index contributed by atoms with van der Waals surface area (Å²) in [5, 5.41) is 2.27. The van der Waals surface area contributed by atoms with E-state index in [9.17, 15) is 13.2 Å². The van der Waals surface area contributed by atoms with Gasteiger partial charge in [-0.1, -0.05) is 23.7 Å². The lowest BCUT2D eigenvalue weighted by Crippen LogP contribution is -2.57. The van der Waals surface area contributed by atoms with Crippen LogP contribution in [-0.4, -0.2) is 75.1 Å².